The minimum absolute atomic E-state index is 0.000669. The zero-order valence-electron chi connectivity index (χ0n) is 19.5. The summed E-state index contributed by atoms with van der Waals surface area (Å²) in [5.41, 5.74) is 4.86. The Labute approximate surface area is 196 Å². The van der Waals surface area contributed by atoms with E-state index in [0.29, 0.717) is 18.0 Å². The molecule has 3 N–H and O–H groups in total. The molecule has 1 fully saturated rings. The molecule has 0 saturated heterocycles. The lowest BCUT2D eigenvalue weighted by atomic mass is 10.00. The molecule has 6 nitrogen and oxygen atoms in total. The van der Waals surface area contributed by atoms with Crippen molar-refractivity contribution in [3.8, 4) is 0 Å². The minimum Gasteiger partial charge on any atom is -0.387 e. The summed E-state index contributed by atoms with van der Waals surface area (Å²) >= 11 is 0. The molecule has 1 amide bonds. The lowest BCUT2D eigenvalue weighted by molar-refractivity contribution is 0.0783. The molecule has 33 heavy (non-hydrogen) atoms. The van der Waals surface area contributed by atoms with Crippen LogP contribution in [0.2, 0.25) is 0 Å². The van der Waals surface area contributed by atoms with Crippen LogP contribution in [0.1, 0.15) is 71.1 Å². The van der Waals surface area contributed by atoms with E-state index in [4.69, 9.17) is 0 Å². The van der Waals surface area contributed by atoms with Crippen LogP contribution in [0.25, 0.3) is 0 Å². The largest absolute Gasteiger partial charge is 0.387 e. The molecule has 1 saturated carbocycles. The molecule has 0 aliphatic heterocycles. The van der Waals surface area contributed by atoms with Gasteiger partial charge in [-0.25, -0.2) is 0 Å². The second kappa shape index (κ2) is 10.8. The average Bonchev–Trinajstić information content (AvgIpc) is 3.60. The number of carbonyl (C=O) groups excluding carboxylic acids is 1. The fraction of sp³-hybridized carbons (Fsp3) is 0.407. The number of carbonyl (C=O) groups is 1. The molecule has 2 aromatic carbocycles. The fourth-order valence-corrected chi connectivity index (χ4v) is 4.17. The lowest BCUT2D eigenvalue weighted by Crippen LogP contribution is -2.35. The van der Waals surface area contributed by atoms with E-state index < -0.39 is 6.10 Å². The highest BCUT2D eigenvalue weighted by Gasteiger charge is 2.26. The predicted molar refractivity (Wildman–Crippen MR) is 130 cm³/mol. The number of nitrogens with zero attached hydrogens (tertiary/aromatic N) is 2. The molecule has 1 aliphatic rings. The Kier molecular flexibility index (Phi) is 7.57. The van der Waals surface area contributed by atoms with E-state index in [1.807, 2.05) is 61.6 Å². The molecule has 4 rings (SSSR count). The van der Waals surface area contributed by atoms with Crippen molar-refractivity contribution in [2.45, 2.75) is 57.2 Å². The second-order valence-electron chi connectivity index (χ2n) is 9.02. The normalized spacial score (nSPS) is 15.2. The number of hydrogen-bond donors (Lipinski definition) is 3. The Morgan fingerprint density at radius 3 is 2.58 bits per heavy atom. The Hall–Kier alpha value is -2.96. The molecule has 0 unspecified atom stereocenters. The van der Waals surface area contributed by atoms with Crippen LogP contribution in [-0.4, -0.2) is 45.7 Å². The molecule has 0 spiro atoms. The Morgan fingerprint density at radius 1 is 1.18 bits per heavy atom. The molecule has 174 valence electrons. The van der Waals surface area contributed by atoms with E-state index in [1.54, 1.807) is 4.90 Å². The molecular formula is C27H34N4O2. The summed E-state index contributed by atoms with van der Waals surface area (Å²) in [6.45, 7) is 3.36. The van der Waals surface area contributed by atoms with E-state index in [-0.39, 0.29) is 11.9 Å². The second-order valence-corrected chi connectivity index (χ2v) is 9.02. The molecule has 1 aliphatic carbocycles. The summed E-state index contributed by atoms with van der Waals surface area (Å²) in [5.74, 6) is 0.603. The summed E-state index contributed by atoms with van der Waals surface area (Å²) in [6.07, 6.45) is 3.58. The van der Waals surface area contributed by atoms with Gasteiger partial charge in [0.1, 0.15) is 0 Å². The van der Waals surface area contributed by atoms with Crippen LogP contribution in [-0.2, 0) is 13.0 Å². The van der Waals surface area contributed by atoms with Crippen LogP contribution in [0, 0.1) is 0 Å². The highest BCUT2D eigenvalue weighted by atomic mass is 16.3. The molecular weight excluding hydrogens is 412 g/mol. The summed E-state index contributed by atoms with van der Waals surface area (Å²) in [7, 11) is 1.82. The van der Waals surface area contributed by atoms with E-state index >= 15 is 0 Å². The van der Waals surface area contributed by atoms with Crippen molar-refractivity contribution in [2.24, 2.45) is 0 Å². The van der Waals surface area contributed by atoms with Crippen LogP contribution in [0.4, 0.5) is 0 Å². The van der Waals surface area contributed by atoms with Crippen molar-refractivity contribution in [2.75, 3.05) is 13.6 Å². The first-order valence-electron chi connectivity index (χ1n) is 11.9. The number of aliphatic hydroxyl groups excluding tert-OH is 1. The summed E-state index contributed by atoms with van der Waals surface area (Å²) in [6, 6.07) is 19.7. The summed E-state index contributed by atoms with van der Waals surface area (Å²) in [4.78, 5) is 14.5. The zero-order chi connectivity index (χ0) is 23.2. The van der Waals surface area contributed by atoms with Crippen molar-refractivity contribution in [1.82, 2.24) is 20.4 Å². The smallest absolute Gasteiger partial charge is 0.253 e. The fourth-order valence-electron chi connectivity index (χ4n) is 4.17. The topological polar surface area (TPSA) is 81.2 Å². The van der Waals surface area contributed by atoms with Crippen LogP contribution in [0.3, 0.4) is 0 Å². The van der Waals surface area contributed by atoms with Crippen molar-refractivity contribution in [3.05, 3.63) is 88.7 Å². The average molecular weight is 447 g/mol. The Morgan fingerprint density at radius 2 is 1.91 bits per heavy atom. The van der Waals surface area contributed by atoms with Crippen LogP contribution in [0.5, 0.6) is 0 Å². The van der Waals surface area contributed by atoms with Crippen molar-refractivity contribution >= 4 is 5.91 Å². The number of rotatable bonds is 11. The molecule has 1 heterocycles. The number of nitrogens with one attached hydrogen (secondary N) is 2. The predicted octanol–water partition coefficient (Wildman–Crippen LogP) is 4.20. The van der Waals surface area contributed by atoms with Crippen molar-refractivity contribution < 1.29 is 9.90 Å². The van der Waals surface area contributed by atoms with E-state index in [0.717, 1.165) is 41.9 Å². The van der Waals surface area contributed by atoms with Crippen molar-refractivity contribution in [3.63, 3.8) is 0 Å². The van der Waals surface area contributed by atoms with Gasteiger partial charge in [0.25, 0.3) is 5.91 Å². The number of aromatic nitrogens is 2. The number of benzene rings is 2. The van der Waals surface area contributed by atoms with Gasteiger partial charge in [0, 0.05) is 24.6 Å². The number of aromatic amines is 1. The van der Waals surface area contributed by atoms with Gasteiger partial charge in [0.15, 0.2) is 0 Å². The van der Waals surface area contributed by atoms with Gasteiger partial charge >= 0.3 is 0 Å². The maximum Gasteiger partial charge on any atom is 0.253 e. The molecule has 3 aromatic rings. The lowest BCUT2D eigenvalue weighted by Gasteiger charge is -2.23. The highest BCUT2D eigenvalue weighted by Crippen LogP contribution is 2.39. The van der Waals surface area contributed by atoms with Crippen LogP contribution in [0.15, 0.2) is 60.7 Å². The van der Waals surface area contributed by atoms with E-state index in [9.17, 15) is 9.90 Å². The van der Waals surface area contributed by atoms with Gasteiger partial charge in [-0.05, 0) is 61.6 Å². The third-order valence-electron chi connectivity index (χ3n) is 6.38. The number of hydrogen-bond acceptors (Lipinski definition) is 4. The van der Waals surface area contributed by atoms with Gasteiger partial charge in [-0.2, -0.15) is 5.10 Å². The van der Waals surface area contributed by atoms with E-state index in [2.05, 4.69) is 28.5 Å². The van der Waals surface area contributed by atoms with Gasteiger partial charge in [-0.3, -0.25) is 9.89 Å². The van der Waals surface area contributed by atoms with Gasteiger partial charge < -0.3 is 15.3 Å². The van der Waals surface area contributed by atoms with Gasteiger partial charge in [-0.15, -0.1) is 0 Å². The standard InChI is InChI=1S/C27H34N4O2/c1-3-24(26(32)21-7-5-4-6-8-21)28-16-15-19-9-11-22(12-10-19)27(33)31(2)18-23-17-25(30-29-23)20-13-14-20/h4-12,17,20,24,26,28,32H,3,13-16,18H2,1-2H3,(H,29,30)/t24-,26-/m1/s1. The van der Waals surface area contributed by atoms with Gasteiger partial charge in [0.2, 0.25) is 0 Å². The zero-order valence-corrected chi connectivity index (χ0v) is 19.5. The van der Waals surface area contributed by atoms with Gasteiger partial charge in [-0.1, -0.05) is 49.4 Å². The minimum atomic E-state index is -0.526. The Balaban J connectivity index is 1.26. The number of amides is 1. The van der Waals surface area contributed by atoms with Crippen LogP contribution >= 0.6 is 0 Å². The molecule has 6 heteroatoms. The number of aliphatic hydroxyl groups is 1. The maximum absolute atomic E-state index is 12.8. The highest BCUT2D eigenvalue weighted by molar-refractivity contribution is 5.94. The molecule has 1 aromatic heterocycles. The SMILES string of the molecule is CC[C@@H](NCCc1ccc(C(=O)N(C)Cc2cc(C3CC3)n[nH]2)cc1)[C@H](O)c1ccccc1. The van der Waals surface area contributed by atoms with Crippen molar-refractivity contribution in [1.29, 1.82) is 0 Å². The van der Waals surface area contributed by atoms with E-state index in [1.165, 1.54) is 12.8 Å². The maximum atomic E-state index is 12.8. The Bertz CT molecular complexity index is 1030. The number of H-pyrrole nitrogens is 1. The third kappa shape index (κ3) is 6.09. The monoisotopic (exact) mass is 446 g/mol. The quantitative estimate of drug-likeness (QED) is 0.412. The summed E-state index contributed by atoms with van der Waals surface area (Å²) in [5, 5.41) is 21.6. The molecule has 0 radical (unpaired) electrons. The first-order chi connectivity index (χ1) is 16.0. The first kappa shape index (κ1) is 23.2. The molecule has 2 atom stereocenters. The van der Waals surface area contributed by atoms with Crippen LogP contribution < -0.4 is 5.32 Å². The summed E-state index contributed by atoms with van der Waals surface area (Å²) < 4.78 is 0. The molecule has 0 bridgehead atoms. The van der Waals surface area contributed by atoms with Gasteiger partial charge in [0.05, 0.1) is 24.0 Å². The third-order valence-corrected chi connectivity index (χ3v) is 6.38. The first-order valence-corrected chi connectivity index (χ1v) is 11.9.